The Kier molecular flexibility index (Phi) is 5.46. The molecule has 0 bridgehead atoms. The van der Waals surface area contributed by atoms with Crippen LogP contribution in [0.25, 0.3) is 0 Å². The van der Waals surface area contributed by atoms with E-state index in [4.69, 9.17) is 5.21 Å². The van der Waals surface area contributed by atoms with Gasteiger partial charge in [-0.2, -0.15) is 0 Å². The number of rotatable bonds is 1. The molecule has 0 aliphatic carbocycles. The van der Waals surface area contributed by atoms with Crippen molar-refractivity contribution in [3.05, 3.63) is 0 Å². The van der Waals surface area contributed by atoms with Crippen LogP contribution < -0.4 is 0 Å². The standard InChI is InChI=1S/C8H14N2O2.ClH/c1-7(11)10-5-3-2-4-8(10)6-9-12;/h6,8,12H,2-5H2,1H3;1H. The smallest absolute Gasteiger partial charge is 0.219 e. The Bertz CT molecular complexity index is 197. The first-order valence-corrected chi connectivity index (χ1v) is 4.20. The summed E-state index contributed by atoms with van der Waals surface area (Å²) >= 11 is 0. The van der Waals surface area contributed by atoms with Crippen molar-refractivity contribution in [1.82, 2.24) is 4.90 Å². The van der Waals surface area contributed by atoms with E-state index in [2.05, 4.69) is 5.16 Å². The molecule has 0 spiro atoms. The zero-order valence-corrected chi connectivity index (χ0v) is 8.46. The Morgan fingerprint density at radius 1 is 1.62 bits per heavy atom. The summed E-state index contributed by atoms with van der Waals surface area (Å²) in [7, 11) is 0. The summed E-state index contributed by atoms with van der Waals surface area (Å²) in [5.74, 6) is 0.0552. The Hall–Kier alpha value is -0.770. The topological polar surface area (TPSA) is 52.9 Å². The molecule has 1 heterocycles. The molecular weight excluding hydrogens is 192 g/mol. The molecule has 5 heteroatoms. The summed E-state index contributed by atoms with van der Waals surface area (Å²) in [5.41, 5.74) is 0. The highest BCUT2D eigenvalue weighted by atomic mass is 35.5. The van der Waals surface area contributed by atoms with Crippen molar-refractivity contribution in [2.24, 2.45) is 5.16 Å². The predicted octanol–water partition coefficient (Wildman–Crippen LogP) is 1.27. The van der Waals surface area contributed by atoms with Crippen LogP contribution in [-0.4, -0.2) is 34.8 Å². The second-order valence-corrected chi connectivity index (χ2v) is 3.04. The number of hydrogen-bond acceptors (Lipinski definition) is 3. The van der Waals surface area contributed by atoms with E-state index in [-0.39, 0.29) is 24.4 Å². The van der Waals surface area contributed by atoms with Crippen LogP contribution in [0.5, 0.6) is 0 Å². The van der Waals surface area contributed by atoms with Gasteiger partial charge < -0.3 is 10.1 Å². The molecule has 1 fully saturated rings. The molecule has 0 saturated carbocycles. The first-order chi connectivity index (χ1) is 5.75. The van der Waals surface area contributed by atoms with Gasteiger partial charge in [0.15, 0.2) is 0 Å². The summed E-state index contributed by atoms with van der Waals surface area (Å²) in [6.45, 7) is 2.33. The zero-order chi connectivity index (χ0) is 8.97. The number of halogens is 1. The van der Waals surface area contributed by atoms with Gasteiger partial charge in [0.25, 0.3) is 0 Å². The molecule has 0 aromatic heterocycles. The zero-order valence-electron chi connectivity index (χ0n) is 7.64. The second kappa shape index (κ2) is 5.80. The second-order valence-electron chi connectivity index (χ2n) is 3.04. The third kappa shape index (κ3) is 3.22. The highest BCUT2D eigenvalue weighted by Crippen LogP contribution is 2.15. The molecule has 0 aromatic carbocycles. The van der Waals surface area contributed by atoms with Crippen LogP contribution in [0.4, 0.5) is 0 Å². The average Bonchev–Trinajstić information content (AvgIpc) is 2.05. The number of hydrogen-bond donors (Lipinski definition) is 1. The van der Waals surface area contributed by atoms with E-state index in [0.29, 0.717) is 0 Å². The lowest BCUT2D eigenvalue weighted by molar-refractivity contribution is -0.130. The van der Waals surface area contributed by atoms with E-state index in [1.165, 1.54) is 6.21 Å². The van der Waals surface area contributed by atoms with Crippen LogP contribution in [-0.2, 0) is 4.79 Å². The largest absolute Gasteiger partial charge is 0.411 e. The molecule has 1 amide bonds. The summed E-state index contributed by atoms with van der Waals surface area (Å²) in [6.07, 6.45) is 4.49. The van der Waals surface area contributed by atoms with E-state index in [1.54, 1.807) is 11.8 Å². The fourth-order valence-electron chi connectivity index (χ4n) is 1.58. The number of amides is 1. The quantitative estimate of drug-likeness (QED) is 0.399. The number of likely N-dealkylation sites (tertiary alicyclic amines) is 1. The maximum Gasteiger partial charge on any atom is 0.219 e. The van der Waals surface area contributed by atoms with Gasteiger partial charge in [0, 0.05) is 13.5 Å². The average molecular weight is 207 g/mol. The maximum absolute atomic E-state index is 11.1. The summed E-state index contributed by atoms with van der Waals surface area (Å²) in [5, 5.41) is 11.3. The molecule has 0 radical (unpaired) electrons. The first kappa shape index (κ1) is 12.2. The van der Waals surface area contributed by atoms with Crippen molar-refractivity contribution < 1.29 is 10.0 Å². The van der Waals surface area contributed by atoms with Gasteiger partial charge in [-0.3, -0.25) is 4.79 Å². The monoisotopic (exact) mass is 206 g/mol. The SMILES string of the molecule is CC(=O)N1CCCCC1C=NO.Cl. The molecule has 0 aromatic rings. The lowest BCUT2D eigenvalue weighted by Crippen LogP contribution is -2.43. The van der Waals surface area contributed by atoms with Gasteiger partial charge >= 0.3 is 0 Å². The third-order valence-corrected chi connectivity index (χ3v) is 2.19. The summed E-state index contributed by atoms with van der Waals surface area (Å²) in [6, 6.07) is 0.00116. The molecular formula is C8H15ClN2O2. The van der Waals surface area contributed by atoms with E-state index < -0.39 is 0 Å². The van der Waals surface area contributed by atoms with Crippen molar-refractivity contribution in [2.75, 3.05) is 6.54 Å². The minimum absolute atomic E-state index is 0. The number of carbonyl (C=O) groups excluding carboxylic acids is 1. The van der Waals surface area contributed by atoms with Gasteiger partial charge in [-0.1, -0.05) is 5.16 Å². The fraction of sp³-hybridized carbons (Fsp3) is 0.750. The lowest BCUT2D eigenvalue weighted by atomic mass is 10.0. The van der Waals surface area contributed by atoms with E-state index in [1.807, 2.05) is 0 Å². The van der Waals surface area contributed by atoms with Crippen molar-refractivity contribution in [3.63, 3.8) is 0 Å². The highest BCUT2D eigenvalue weighted by molar-refractivity contribution is 5.85. The highest BCUT2D eigenvalue weighted by Gasteiger charge is 2.22. The molecule has 13 heavy (non-hydrogen) atoms. The van der Waals surface area contributed by atoms with Gasteiger partial charge in [0.2, 0.25) is 5.91 Å². The number of piperidine rings is 1. The molecule has 1 atom stereocenters. The van der Waals surface area contributed by atoms with E-state index in [9.17, 15) is 4.79 Å². The Morgan fingerprint density at radius 3 is 2.85 bits per heavy atom. The molecule has 76 valence electrons. The minimum Gasteiger partial charge on any atom is -0.411 e. The Balaban J connectivity index is 0.00000144. The Morgan fingerprint density at radius 2 is 2.31 bits per heavy atom. The van der Waals surface area contributed by atoms with Crippen LogP contribution in [0.1, 0.15) is 26.2 Å². The van der Waals surface area contributed by atoms with Gasteiger partial charge in [-0.05, 0) is 19.3 Å². The predicted molar refractivity (Wildman–Crippen MR) is 52.6 cm³/mol. The molecule has 1 N–H and O–H groups in total. The molecule has 1 saturated heterocycles. The fourth-order valence-corrected chi connectivity index (χ4v) is 1.58. The number of carbonyl (C=O) groups is 1. The van der Waals surface area contributed by atoms with Crippen LogP contribution in [0.15, 0.2) is 5.16 Å². The molecule has 1 aliphatic heterocycles. The Labute approximate surface area is 84.0 Å². The minimum atomic E-state index is 0. The third-order valence-electron chi connectivity index (χ3n) is 2.19. The van der Waals surface area contributed by atoms with Crippen LogP contribution in [0.2, 0.25) is 0 Å². The maximum atomic E-state index is 11.1. The van der Waals surface area contributed by atoms with Crippen LogP contribution >= 0.6 is 12.4 Å². The molecule has 1 rings (SSSR count). The molecule has 1 unspecified atom stereocenters. The van der Waals surface area contributed by atoms with Crippen molar-refractivity contribution in [1.29, 1.82) is 0 Å². The molecule has 1 aliphatic rings. The van der Waals surface area contributed by atoms with Crippen molar-refractivity contribution in [2.45, 2.75) is 32.2 Å². The van der Waals surface area contributed by atoms with Crippen molar-refractivity contribution >= 4 is 24.5 Å². The van der Waals surface area contributed by atoms with Gasteiger partial charge in [-0.15, -0.1) is 12.4 Å². The van der Waals surface area contributed by atoms with Crippen molar-refractivity contribution in [3.8, 4) is 0 Å². The van der Waals surface area contributed by atoms with E-state index >= 15 is 0 Å². The number of oxime groups is 1. The van der Waals surface area contributed by atoms with Crippen LogP contribution in [0.3, 0.4) is 0 Å². The van der Waals surface area contributed by atoms with Gasteiger partial charge in [0.1, 0.15) is 0 Å². The molecule has 4 nitrogen and oxygen atoms in total. The summed E-state index contributed by atoms with van der Waals surface area (Å²) < 4.78 is 0. The summed E-state index contributed by atoms with van der Waals surface area (Å²) in [4.78, 5) is 12.8. The van der Waals surface area contributed by atoms with E-state index in [0.717, 1.165) is 25.8 Å². The van der Waals surface area contributed by atoms with Gasteiger partial charge in [-0.25, -0.2) is 0 Å². The van der Waals surface area contributed by atoms with Crippen LogP contribution in [0, 0.1) is 0 Å². The number of nitrogens with zero attached hydrogens (tertiary/aromatic N) is 2. The first-order valence-electron chi connectivity index (χ1n) is 4.20. The lowest BCUT2D eigenvalue weighted by Gasteiger charge is -2.32. The van der Waals surface area contributed by atoms with Gasteiger partial charge in [0.05, 0.1) is 12.3 Å². The normalized spacial score (nSPS) is 22.8.